The molecule has 0 aromatic heterocycles. The van der Waals surface area contributed by atoms with Crippen LogP contribution in [0, 0.1) is 0 Å². The molecule has 3 nitrogen and oxygen atoms in total. The maximum atomic E-state index is 12.4. The SMILES string of the molecule is COc1cccc(C2C(=O)c3ccccc3C2=O)c1Cl. The number of hydrogen-bond donors (Lipinski definition) is 0. The van der Waals surface area contributed by atoms with Gasteiger partial charge in [-0.05, 0) is 11.6 Å². The topological polar surface area (TPSA) is 43.4 Å². The van der Waals surface area contributed by atoms with Gasteiger partial charge in [0.1, 0.15) is 11.7 Å². The van der Waals surface area contributed by atoms with Crippen molar-refractivity contribution in [2.75, 3.05) is 7.11 Å². The number of fused-ring (bicyclic) bond motifs is 1. The molecule has 20 heavy (non-hydrogen) atoms. The number of ketones is 2. The Bertz CT molecular complexity index is 686. The minimum Gasteiger partial charge on any atom is -0.495 e. The summed E-state index contributed by atoms with van der Waals surface area (Å²) in [5, 5.41) is 0.314. The number of Topliss-reactive ketones (excluding diaryl/α,β-unsaturated/α-hetero) is 2. The summed E-state index contributed by atoms with van der Waals surface area (Å²) >= 11 is 6.23. The quantitative estimate of drug-likeness (QED) is 0.794. The van der Waals surface area contributed by atoms with Crippen LogP contribution in [0.1, 0.15) is 32.2 Å². The average Bonchev–Trinajstić information content (AvgIpc) is 2.72. The lowest BCUT2D eigenvalue weighted by atomic mass is 9.94. The zero-order chi connectivity index (χ0) is 14.3. The fourth-order valence-corrected chi connectivity index (χ4v) is 2.85. The van der Waals surface area contributed by atoms with Gasteiger partial charge < -0.3 is 4.74 Å². The molecule has 0 unspecified atom stereocenters. The van der Waals surface area contributed by atoms with Crippen LogP contribution in [0.25, 0.3) is 0 Å². The van der Waals surface area contributed by atoms with Crippen LogP contribution in [-0.4, -0.2) is 18.7 Å². The van der Waals surface area contributed by atoms with Crippen molar-refractivity contribution < 1.29 is 14.3 Å². The molecule has 0 bridgehead atoms. The molecule has 0 N–H and O–H groups in total. The van der Waals surface area contributed by atoms with Gasteiger partial charge in [0.05, 0.1) is 12.1 Å². The molecule has 0 heterocycles. The van der Waals surface area contributed by atoms with Crippen molar-refractivity contribution in [3.63, 3.8) is 0 Å². The normalized spacial score (nSPS) is 14.5. The molecule has 0 aliphatic heterocycles. The van der Waals surface area contributed by atoms with Crippen molar-refractivity contribution in [3.8, 4) is 5.75 Å². The Labute approximate surface area is 121 Å². The summed E-state index contributed by atoms with van der Waals surface area (Å²) in [4.78, 5) is 24.9. The molecule has 2 aromatic carbocycles. The van der Waals surface area contributed by atoms with Gasteiger partial charge in [-0.3, -0.25) is 9.59 Å². The van der Waals surface area contributed by atoms with Gasteiger partial charge in [0, 0.05) is 11.1 Å². The molecule has 1 aliphatic carbocycles. The maximum absolute atomic E-state index is 12.4. The number of rotatable bonds is 2. The minimum atomic E-state index is -0.866. The smallest absolute Gasteiger partial charge is 0.178 e. The van der Waals surface area contributed by atoms with Crippen LogP contribution in [0.2, 0.25) is 5.02 Å². The first-order valence-electron chi connectivity index (χ1n) is 6.15. The highest BCUT2D eigenvalue weighted by atomic mass is 35.5. The lowest BCUT2D eigenvalue weighted by Gasteiger charge is -2.12. The van der Waals surface area contributed by atoms with Gasteiger partial charge in [0.2, 0.25) is 0 Å². The second kappa shape index (κ2) is 4.76. The van der Waals surface area contributed by atoms with Gasteiger partial charge in [-0.25, -0.2) is 0 Å². The van der Waals surface area contributed by atoms with E-state index >= 15 is 0 Å². The first-order valence-corrected chi connectivity index (χ1v) is 6.52. The van der Waals surface area contributed by atoms with Gasteiger partial charge in [0.15, 0.2) is 11.6 Å². The van der Waals surface area contributed by atoms with Crippen molar-refractivity contribution in [2.45, 2.75) is 5.92 Å². The molecule has 0 saturated carbocycles. The van der Waals surface area contributed by atoms with E-state index in [9.17, 15) is 9.59 Å². The Hall–Kier alpha value is -2.13. The zero-order valence-electron chi connectivity index (χ0n) is 10.7. The second-order valence-electron chi connectivity index (χ2n) is 4.57. The molecular weight excluding hydrogens is 276 g/mol. The number of hydrogen-bond acceptors (Lipinski definition) is 3. The summed E-state index contributed by atoms with van der Waals surface area (Å²) in [5.41, 5.74) is 1.42. The molecule has 0 amide bonds. The highest BCUT2D eigenvalue weighted by molar-refractivity contribution is 6.36. The number of carbonyl (C=O) groups excluding carboxylic acids is 2. The number of ether oxygens (including phenoxy) is 1. The van der Waals surface area contributed by atoms with Crippen LogP contribution in [0.3, 0.4) is 0 Å². The minimum absolute atomic E-state index is 0.208. The lowest BCUT2D eigenvalue weighted by molar-refractivity contribution is 0.0890. The Kier molecular flexibility index (Phi) is 3.07. The number of benzene rings is 2. The Balaban J connectivity index is 2.14. The molecule has 100 valence electrons. The van der Waals surface area contributed by atoms with Gasteiger partial charge in [0.25, 0.3) is 0 Å². The van der Waals surface area contributed by atoms with E-state index in [2.05, 4.69) is 0 Å². The maximum Gasteiger partial charge on any atom is 0.178 e. The molecule has 0 saturated heterocycles. The molecule has 3 rings (SSSR count). The molecule has 0 spiro atoms. The standard InChI is InChI=1S/C16H11ClO3/c1-20-12-8-4-7-11(14(12)17)13-15(18)9-5-2-3-6-10(9)16(13)19/h2-8,13H,1H3. The van der Waals surface area contributed by atoms with Crippen LogP contribution in [0.15, 0.2) is 42.5 Å². The van der Waals surface area contributed by atoms with E-state index in [-0.39, 0.29) is 11.6 Å². The molecule has 4 heteroatoms. The second-order valence-corrected chi connectivity index (χ2v) is 4.95. The van der Waals surface area contributed by atoms with Crippen molar-refractivity contribution in [1.82, 2.24) is 0 Å². The predicted octanol–water partition coefficient (Wildman–Crippen LogP) is 3.51. The van der Waals surface area contributed by atoms with Gasteiger partial charge in [-0.15, -0.1) is 0 Å². The zero-order valence-corrected chi connectivity index (χ0v) is 11.5. The largest absolute Gasteiger partial charge is 0.495 e. The van der Waals surface area contributed by atoms with Crippen LogP contribution < -0.4 is 4.74 Å². The third kappa shape index (κ3) is 1.74. The van der Waals surface area contributed by atoms with Gasteiger partial charge >= 0.3 is 0 Å². The third-order valence-corrected chi connectivity index (χ3v) is 3.91. The first kappa shape index (κ1) is 12.9. The monoisotopic (exact) mass is 286 g/mol. The molecule has 0 fully saturated rings. The Morgan fingerprint density at radius 1 is 0.950 bits per heavy atom. The predicted molar refractivity (Wildman–Crippen MR) is 75.8 cm³/mol. The highest BCUT2D eigenvalue weighted by Gasteiger charge is 2.40. The van der Waals surface area contributed by atoms with E-state index in [0.717, 1.165) is 0 Å². The van der Waals surface area contributed by atoms with E-state index in [4.69, 9.17) is 16.3 Å². The van der Waals surface area contributed by atoms with Gasteiger partial charge in [-0.1, -0.05) is 48.0 Å². The third-order valence-electron chi connectivity index (χ3n) is 3.51. The number of methoxy groups -OCH3 is 1. The molecule has 0 radical (unpaired) electrons. The van der Waals surface area contributed by atoms with Crippen LogP contribution in [-0.2, 0) is 0 Å². The fourth-order valence-electron chi connectivity index (χ4n) is 2.53. The Morgan fingerprint density at radius 3 is 2.10 bits per heavy atom. The van der Waals surface area contributed by atoms with Crippen molar-refractivity contribution in [1.29, 1.82) is 0 Å². The molecule has 2 aromatic rings. The number of halogens is 1. The van der Waals surface area contributed by atoms with Crippen LogP contribution in [0.5, 0.6) is 5.75 Å². The summed E-state index contributed by atoms with van der Waals surface area (Å²) < 4.78 is 5.14. The lowest BCUT2D eigenvalue weighted by Crippen LogP contribution is -2.13. The summed E-state index contributed by atoms with van der Waals surface area (Å²) in [6.07, 6.45) is 0. The van der Waals surface area contributed by atoms with Crippen LogP contribution >= 0.6 is 11.6 Å². The molecule has 0 atom stereocenters. The van der Waals surface area contributed by atoms with E-state index in [1.54, 1.807) is 42.5 Å². The van der Waals surface area contributed by atoms with Crippen LogP contribution in [0.4, 0.5) is 0 Å². The van der Waals surface area contributed by atoms with E-state index in [1.165, 1.54) is 7.11 Å². The van der Waals surface area contributed by atoms with E-state index < -0.39 is 5.92 Å². The van der Waals surface area contributed by atoms with Gasteiger partial charge in [-0.2, -0.15) is 0 Å². The summed E-state index contributed by atoms with van der Waals surface area (Å²) in [6.45, 7) is 0. The van der Waals surface area contributed by atoms with E-state index in [1.807, 2.05) is 0 Å². The first-order chi connectivity index (χ1) is 9.65. The highest BCUT2D eigenvalue weighted by Crippen LogP contribution is 2.39. The summed E-state index contributed by atoms with van der Waals surface area (Å²) in [7, 11) is 1.50. The molecule has 1 aliphatic rings. The molecular formula is C16H11ClO3. The fraction of sp³-hybridized carbons (Fsp3) is 0.125. The van der Waals surface area contributed by atoms with Crippen molar-refractivity contribution in [2.24, 2.45) is 0 Å². The summed E-state index contributed by atoms with van der Waals surface area (Å²) in [5.74, 6) is -0.822. The average molecular weight is 287 g/mol. The van der Waals surface area contributed by atoms with Crippen molar-refractivity contribution in [3.05, 3.63) is 64.2 Å². The van der Waals surface area contributed by atoms with Crippen molar-refractivity contribution >= 4 is 23.2 Å². The van der Waals surface area contributed by atoms with E-state index in [0.29, 0.717) is 27.5 Å². The number of carbonyl (C=O) groups is 2. The Morgan fingerprint density at radius 2 is 1.55 bits per heavy atom. The summed E-state index contributed by atoms with van der Waals surface area (Å²) in [6, 6.07) is 12.0.